The second kappa shape index (κ2) is 4.77. The van der Waals surface area contributed by atoms with Crippen molar-refractivity contribution in [1.29, 1.82) is 0 Å². The first-order valence-electron chi connectivity index (χ1n) is 5.34. The van der Waals surface area contributed by atoms with Crippen LogP contribution in [0.3, 0.4) is 0 Å². The van der Waals surface area contributed by atoms with Crippen LogP contribution in [0.5, 0.6) is 0 Å². The summed E-state index contributed by atoms with van der Waals surface area (Å²) in [5.41, 5.74) is 1.04. The highest BCUT2D eigenvalue weighted by Gasteiger charge is 2.30. The van der Waals surface area contributed by atoms with Crippen molar-refractivity contribution in [2.45, 2.75) is 39.5 Å². The maximum atomic E-state index is 14.2. The SMILES string of the molecule is Cc1cc(Br)c(C)c(C(C)(C)CC(=O)O)c1F. The Morgan fingerprint density at radius 2 is 2.00 bits per heavy atom. The molecule has 0 amide bonds. The fraction of sp³-hybridized carbons (Fsp3) is 0.462. The first-order chi connectivity index (χ1) is 7.66. The summed E-state index contributed by atoms with van der Waals surface area (Å²) in [7, 11) is 0. The van der Waals surface area contributed by atoms with Crippen molar-refractivity contribution in [1.82, 2.24) is 0 Å². The van der Waals surface area contributed by atoms with Gasteiger partial charge in [-0.2, -0.15) is 0 Å². The summed E-state index contributed by atoms with van der Waals surface area (Å²) in [6.45, 7) is 6.97. The number of aryl methyl sites for hydroxylation is 1. The van der Waals surface area contributed by atoms with E-state index in [-0.39, 0.29) is 12.2 Å². The van der Waals surface area contributed by atoms with Crippen molar-refractivity contribution in [3.05, 3.63) is 33.0 Å². The van der Waals surface area contributed by atoms with Crippen molar-refractivity contribution in [3.8, 4) is 0 Å². The van der Waals surface area contributed by atoms with E-state index in [9.17, 15) is 9.18 Å². The molecular weight excluding hydrogens is 287 g/mol. The Morgan fingerprint density at radius 1 is 1.47 bits per heavy atom. The Bertz CT molecular complexity index is 441. The van der Waals surface area contributed by atoms with E-state index in [4.69, 9.17) is 5.11 Å². The zero-order valence-corrected chi connectivity index (χ0v) is 12.0. The second-order valence-corrected chi connectivity index (χ2v) is 5.80. The number of halogens is 2. The van der Waals surface area contributed by atoms with E-state index >= 15 is 0 Å². The lowest BCUT2D eigenvalue weighted by Crippen LogP contribution is -2.25. The van der Waals surface area contributed by atoms with E-state index in [1.165, 1.54) is 0 Å². The average Bonchev–Trinajstić information content (AvgIpc) is 2.12. The van der Waals surface area contributed by atoms with Gasteiger partial charge in [0.05, 0.1) is 6.42 Å². The van der Waals surface area contributed by atoms with Gasteiger partial charge in [0.1, 0.15) is 5.82 Å². The van der Waals surface area contributed by atoms with Crippen LogP contribution in [0.4, 0.5) is 4.39 Å². The standard InChI is InChI=1S/C13H16BrFO2/c1-7-5-9(14)8(2)11(12(7)15)13(3,4)6-10(16)17/h5H,6H2,1-4H3,(H,16,17). The van der Waals surface area contributed by atoms with E-state index in [0.29, 0.717) is 11.1 Å². The molecule has 0 unspecified atom stereocenters. The van der Waals surface area contributed by atoms with Gasteiger partial charge >= 0.3 is 5.97 Å². The molecule has 1 rings (SSSR count). The summed E-state index contributed by atoms with van der Waals surface area (Å²) in [4.78, 5) is 10.8. The molecule has 1 aromatic rings. The number of hydrogen-bond donors (Lipinski definition) is 1. The number of aliphatic carboxylic acids is 1. The number of carbonyl (C=O) groups is 1. The first-order valence-corrected chi connectivity index (χ1v) is 6.13. The third-order valence-corrected chi connectivity index (χ3v) is 3.74. The van der Waals surface area contributed by atoms with E-state index in [1.54, 1.807) is 33.8 Å². The summed E-state index contributed by atoms with van der Waals surface area (Å²) in [5, 5.41) is 8.90. The number of rotatable bonds is 3. The Kier molecular flexibility index (Phi) is 3.97. The lowest BCUT2D eigenvalue weighted by molar-refractivity contribution is -0.138. The molecule has 0 saturated heterocycles. The molecule has 1 N–H and O–H groups in total. The van der Waals surface area contributed by atoms with Gasteiger partial charge in [0, 0.05) is 9.89 Å². The predicted molar refractivity (Wildman–Crippen MR) is 68.9 cm³/mol. The minimum absolute atomic E-state index is 0.0966. The molecule has 0 aliphatic rings. The highest BCUT2D eigenvalue weighted by atomic mass is 79.9. The summed E-state index contributed by atoms with van der Waals surface area (Å²) < 4.78 is 15.0. The van der Waals surface area contributed by atoms with Crippen LogP contribution in [0.25, 0.3) is 0 Å². The van der Waals surface area contributed by atoms with Crippen molar-refractivity contribution in [2.75, 3.05) is 0 Å². The largest absolute Gasteiger partial charge is 0.481 e. The van der Waals surface area contributed by atoms with Gasteiger partial charge in [0.15, 0.2) is 0 Å². The van der Waals surface area contributed by atoms with E-state index in [1.807, 2.05) is 0 Å². The van der Waals surface area contributed by atoms with E-state index in [2.05, 4.69) is 15.9 Å². The van der Waals surface area contributed by atoms with Crippen LogP contribution in [-0.2, 0) is 10.2 Å². The Hall–Kier alpha value is -0.900. The predicted octanol–water partition coefficient (Wildman–Crippen LogP) is 3.96. The number of carboxylic acid groups (broad SMARTS) is 1. The molecule has 0 spiro atoms. The van der Waals surface area contributed by atoms with Crippen molar-refractivity contribution >= 4 is 21.9 Å². The zero-order valence-electron chi connectivity index (χ0n) is 10.4. The summed E-state index contributed by atoms with van der Waals surface area (Å²) >= 11 is 3.38. The molecule has 0 atom stereocenters. The molecule has 0 saturated carbocycles. The molecule has 0 fully saturated rings. The zero-order chi connectivity index (χ0) is 13.4. The molecule has 17 heavy (non-hydrogen) atoms. The fourth-order valence-electron chi connectivity index (χ4n) is 2.11. The van der Waals surface area contributed by atoms with Gasteiger partial charge in [-0.1, -0.05) is 29.8 Å². The first kappa shape index (κ1) is 14.2. The van der Waals surface area contributed by atoms with Gasteiger partial charge < -0.3 is 5.11 Å². The Balaban J connectivity index is 3.44. The van der Waals surface area contributed by atoms with E-state index < -0.39 is 11.4 Å². The highest BCUT2D eigenvalue weighted by Crippen LogP contribution is 2.36. The summed E-state index contributed by atoms with van der Waals surface area (Å²) in [6, 6.07) is 1.71. The molecular formula is C13H16BrFO2. The van der Waals surface area contributed by atoms with Crippen LogP contribution >= 0.6 is 15.9 Å². The normalized spacial score (nSPS) is 11.6. The van der Waals surface area contributed by atoms with Gasteiger partial charge in [-0.15, -0.1) is 0 Å². The molecule has 94 valence electrons. The van der Waals surface area contributed by atoms with Gasteiger partial charge in [-0.25, -0.2) is 4.39 Å². The van der Waals surface area contributed by atoms with Gasteiger partial charge in [0.2, 0.25) is 0 Å². The van der Waals surface area contributed by atoms with Crippen molar-refractivity contribution in [3.63, 3.8) is 0 Å². The molecule has 0 bridgehead atoms. The Labute approximate surface area is 109 Å². The third-order valence-electron chi connectivity index (χ3n) is 2.91. The maximum absolute atomic E-state index is 14.2. The Morgan fingerprint density at radius 3 is 2.47 bits per heavy atom. The lowest BCUT2D eigenvalue weighted by Gasteiger charge is -2.27. The van der Waals surface area contributed by atoms with E-state index in [0.717, 1.165) is 10.0 Å². The highest BCUT2D eigenvalue weighted by molar-refractivity contribution is 9.10. The van der Waals surface area contributed by atoms with Crippen molar-refractivity contribution < 1.29 is 14.3 Å². The quantitative estimate of drug-likeness (QED) is 0.917. The summed E-state index contributed by atoms with van der Waals surface area (Å²) in [6.07, 6.45) is -0.0966. The fourth-order valence-corrected chi connectivity index (χ4v) is 2.66. The van der Waals surface area contributed by atoms with Crippen LogP contribution in [-0.4, -0.2) is 11.1 Å². The molecule has 1 aromatic carbocycles. The second-order valence-electron chi connectivity index (χ2n) is 4.94. The molecule has 2 nitrogen and oxygen atoms in total. The van der Waals surface area contributed by atoms with Crippen LogP contribution < -0.4 is 0 Å². The maximum Gasteiger partial charge on any atom is 0.304 e. The van der Waals surface area contributed by atoms with Crippen LogP contribution in [0.2, 0.25) is 0 Å². The molecule has 0 radical (unpaired) electrons. The molecule has 0 heterocycles. The van der Waals surface area contributed by atoms with Gasteiger partial charge in [-0.05, 0) is 36.6 Å². The van der Waals surface area contributed by atoms with Crippen LogP contribution in [0.15, 0.2) is 10.5 Å². The average molecular weight is 303 g/mol. The molecule has 4 heteroatoms. The molecule has 0 aliphatic heterocycles. The van der Waals surface area contributed by atoms with Crippen molar-refractivity contribution in [2.24, 2.45) is 0 Å². The number of benzene rings is 1. The lowest BCUT2D eigenvalue weighted by atomic mass is 9.78. The smallest absolute Gasteiger partial charge is 0.304 e. The monoisotopic (exact) mass is 302 g/mol. The number of hydrogen-bond acceptors (Lipinski definition) is 1. The van der Waals surface area contributed by atoms with Gasteiger partial charge in [-0.3, -0.25) is 4.79 Å². The van der Waals surface area contributed by atoms with Gasteiger partial charge in [0.25, 0.3) is 0 Å². The van der Waals surface area contributed by atoms with Crippen LogP contribution in [0.1, 0.15) is 37.0 Å². The minimum atomic E-state index is -0.925. The summed E-state index contributed by atoms with van der Waals surface area (Å²) in [5.74, 6) is -1.23. The minimum Gasteiger partial charge on any atom is -0.481 e. The number of carboxylic acids is 1. The topological polar surface area (TPSA) is 37.3 Å². The van der Waals surface area contributed by atoms with Crippen LogP contribution in [0, 0.1) is 19.7 Å². The third kappa shape index (κ3) is 2.86. The molecule has 0 aliphatic carbocycles. The molecule has 0 aromatic heterocycles.